The predicted molar refractivity (Wildman–Crippen MR) is 110 cm³/mol. The molecule has 0 aliphatic carbocycles. The monoisotopic (exact) mass is 438 g/mol. The molecule has 0 aliphatic heterocycles. The third-order valence-corrected chi connectivity index (χ3v) is 6.41. The zero-order valence-electron chi connectivity index (χ0n) is 15.2. The average molecular weight is 439 g/mol. The Labute approximate surface area is 171 Å². The molecule has 3 aromatic rings. The van der Waals surface area contributed by atoms with Crippen LogP contribution in [0.2, 0.25) is 0 Å². The van der Waals surface area contributed by atoms with E-state index in [4.69, 9.17) is 4.52 Å². The minimum Gasteiger partial charge on any atom is -0.345 e. The first-order chi connectivity index (χ1) is 13.4. The largest absolute Gasteiger partial charge is 0.345 e. The van der Waals surface area contributed by atoms with Crippen LogP contribution in [0.3, 0.4) is 0 Å². The molecule has 2 aromatic heterocycles. The van der Waals surface area contributed by atoms with Crippen molar-refractivity contribution < 1.29 is 17.7 Å². The zero-order valence-corrected chi connectivity index (χ0v) is 17.6. The second kappa shape index (κ2) is 8.76. The van der Waals surface area contributed by atoms with Gasteiger partial charge in [-0.1, -0.05) is 17.3 Å². The van der Waals surface area contributed by atoms with Crippen LogP contribution in [0.25, 0.3) is 10.7 Å². The fourth-order valence-corrected chi connectivity index (χ4v) is 4.31. The third-order valence-electron chi connectivity index (χ3n) is 3.68. The highest BCUT2D eigenvalue weighted by Crippen LogP contribution is 2.24. The maximum absolute atomic E-state index is 12.3. The summed E-state index contributed by atoms with van der Waals surface area (Å²) in [4.78, 5) is 18.3. The van der Waals surface area contributed by atoms with Crippen molar-refractivity contribution in [3.05, 3.63) is 47.7 Å². The fourth-order valence-electron chi connectivity index (χ4n) is 2.36. The highest BCUT2D eigenvalue weighted by atomic mass is 32.2. The normalized spacial score (nSPS) is 11.4. The molecule has 28 heavy (non-hydrogen) atoms. The number of sulfonamides is 1. The Morgan fingerprint density at radius 1 is 1.32 bits per heavy atom. The van der Waals surface area contributed by atoms with E-state index >= 15 is 0 Å². The molecular formula is C17H18N4O4S3. The Morgan fingerprint density at radius 3 is 2.82 bits per heavy atom. The lowest BCUT2D eigenvalue weighted by Crippen LogP contribution is -2.40. The van der Waals surface area contributed by atoms with Gasteiger partial charge >= 0.3 is 0 Å². The van der Waals surface area contributed by atoms with Gasteiger partial charge in [0, 0.05) is 4.90 Å². The van der Waals surface area contributed by atoms with Crippen molar-refractivity contribution in [3.8, 4) is 10.7 Å². The molecule has 2 heterocycles. The summed E-state index contributed by atoms with van der Waals surface area (Å²) in [6.45, 7) is -0.331. The molecule has 0 atom stereocenters. The number of nitrogens with zero attached hydrogens (tertiary/aromatic N) is 3. The number of nitrogens with one attached hydrogen (secondary N) is 1. The van der Waals surface area contributed by atoms with Crippen LogP contribution in [0.15, 0.2) is 51.2 Å². The molecule has 0 unspecified atom stereocenters. The van der Waals surface area contributed by atoms with E-state index < -0.39 is 15.9 Å². The van der Waals surface area contributed by atoms with Gasteiger partial charge in [0.05, 0.1) is 23.4 Å². The molecule has 0 saturated heterocycles. The van der Waals surface area contributed by atoms with Crippen molar-refractivity contribution in [3.63, 3.8) is 0 Å². The molecule has 8 nitrogen and oxygen atoms in total. The molecule has 3 rings (SSSR count). The second-order valence-corrected chi connectivity index (χ2v) is 9.47. The summed E-state index contributed by atoms with van der Waals surface area (Å²) >= 11 is 2.97. The number of amides is 1. The molecule has 0 radical (unpaired) electrons. The van der Waals surface area contributed by atoms with Gasteiger partial charge in [-0.15, -0.1) is 23.1 Å². The number of carbonyl (C=O) groups is 1. The molecule has 0 spiro atoms. The first kappa shape index (κ1) is 20.4. The second-order valence-electron chi connectivity index (χ2n) is 5.74. The van der Waals surface area contributed by atoms with Crippen molar-refractivity contribution in [2.24, 2.45) is 0 Å². The van der Waals surface area contributed by atoms with E-state index in [2.05, 4.69) is 15.5 Å². The summed E-state index contributed by atoms with van der Waals surface area (Å²) < 4.78 is 30.5. The topological polar surface area (TPSA) is 105 Å². The standard InChI is InChI=1S/C17H18N4O4S3/c1-26-13-6-3-5-12(9-13)21(28(2,23)24)11-15(22)18-10-16-19-17(20-25-16)14-7-4-8-27-14/h3-9H,10-11H2,1-2H3,(H,18,22). The van der Waals surface area contributed by atoms with Crippen molar-refractivity contribution in [2.75, 3.05) is 23.4 Å². The Hall–Kier alpha value is -2.37. The molecule has 1 aromatic carbocycles. The molecule has 11 heteroatoms. The van der Waals surface area contributed by atoms with Crippen molar-refractivity contribution >= 4 is 44.7 Å². The molecule has 0 saturated carbocycles. The van der Waals surface area contributed by atoms with E-state index in [9.17, 15) is 13.2 Å². The van der Waals surface area contributed by atoms with Gasteiger partial charge in [-0.3, -0.25) is 9.10 Å². The van der Waals surface area contributed by atoms with Crippen LogP contribution in [-0.4, -0.2) is 43.5 Å². The summed E-state index contributed by atoms with van der Waals surface area (Å²) in [5, 5.41) is 8.39. The van der Waals surface area contributed by atoms with E-state index in [1.54, 1.807) is 18.2 Å². The van der Waals surface area contributed by atoms with Gasteiger partial charge in [-0.05, 0) is 35.9 Å². The molecule has 0 fully saturated rings. The molecular weight excluding hydrogens is 420 g/mol. The maximum Gasteiger partial charge on any atom is 0.246 e. The van der Waals surface area contributed by atoms with Gasteiger partial charge in [0.1, 0.15) is 6.54 Å². The summed E-state index contributed by atoms with van der Waals surface area (Å²) in [6, 6.07) is 10.7. The van der Waals surface area contributed by atoms with Crippen molar-refractivity contribution in [1.82, 2.24) is 15.5 Å². The SMILES string of the molecule is CSc1cccc(N(CC(=O)NCc2nc(-c3cccs3)no2)S(C)(=O)=O)c1. The number of hydrogen-bond donors (Lipinski definition) is 1. The minimum absolute atomic E-state index is 0.0136. The number of anilines is 1. The zero-order chi connectivity index (χ0) is 20.1. The third kappa shape index (κ3) is 5.12. The smallest absolute Gasteiger partial charge is 0.246 e. The lowest BCUT2D eigenvalue weighted by molar-refractivity contribution is -0.119. The van der Waals surface area contributed by atoms with Crippen LogP contribution in [0, 0.1) is 0 Å². The highest BCUT2D eigenvalue weighted by Gasteiger charge is 2.21. The van der Waals surface area contributed by atoms with E-state index in [1.165, 1.54) is 23.1 Å². The number of thioether (sulfide) groups is 1. The maximum atomic E-state index is 12.3. The first-order valence-corrected chi connectivity index (χ1v) is 12.1. The van der Waals surface area contributed by atoms with E-state index in [0.29, 0.717) is 11.5 Å². The first-order valence-electron chi connectivity index (χ1n) is 8.12. The predicted octanol–water partition coefficient (Wildman–Crippen LogP) is 2.60. The van der Waals surface area contributed by atoms with E-state index in [1.807, 2.05) is 29.8 Å². The number of carbonyl (C=O) groups excluding carboxylic acids is 1. The quantitative estimate of drug-likeness (QED) is 0.539. The van der Waals surface area contributed by atoms with Crippen LogP contribution in [0.4, 0.5) is 5.69 Å². The average Bonchev–Trinajstić information content (AvgIpc) is 3.35. The van der Waals surface area contributed by atoms with Gasteiger partial charge in [-0.2, -0.15) is 4.98 Å². The Morgan fingerprint density at radius 2 is 2.14 bits per heavy atom. The lowest BCUT2D eigenvalue weighted by atomic mass is 10.3. The van der Waals surface area contributed by atoms with Gasteiger partial charge in [-0.25, -0.2) is 8.42 Å². The van der Waals surface area contributed by atoms with Gasteiger partial charge in [0.25, 0.3) is 0 Å². The number of thiophene rings is 1. The fraction of sp³-hybridized carbons (Fsp3) is 0.235. The van der Waals surface area contributed by atoms with Gasteiger partial charge < -0.3 is 9.84 Å². The summed E-state index contributed by atoms with van der Waals surface area (Å²) in [6.07, 6.45) is 2.96. The molecule has 1 N–H and O–H groups in total. The Balaban J connectivity index is 1.66. The van der Waals surface area contributed by atoms with E-state index in [0.717, 1.165) is 20.3 Å². The summed E-state index contributed by atoms with van der Waals surface area (Å²) in [7, 11) is -3.63. The van der Waals surface area contributed by atoms with Gasteiger partial charge in [0.15, 0.2) is 0 Å². The summed E-state index contributed by atoms with van der Waals surface area (Å²) in [5.41, 5.74) is 0.433. The number of rotatable bonds is 8. The Bertz CT molecular complexity index is 1050. The van der Waals surface area contributed by atoms with Crippen molar-refractivity contribution in [2.45, 2.75) is 11.4 Å². The minimum atomic E-state index is -3.63. The van der Waals surface area contributed by atoms with Crippen LogP contribution in [0.1, 0.15) is 5.89 Å². The number of benzene rings is 1. The lowest BCUT2D eigenvalue weighted by Gasteiger charge is -2.22. The van der Waals surface area contributed by atoms with Crippen LogP contribution in [0.5, 0.6) is 0 Å². The molecule has 1 amide bonds. The van der Waals surface area contributed by atoms with E-state index in [-0.39, 0.29) is 19.0 Å². The van der Waals surface area contributed by atoms with Crippen molar-refractivity contribution in [1.29, 1.82) is 0 Å². The van der Waals surface area contributed by atoms with Gasteiger partial charge in [0.2, 0.25) is 27.6 Å². The molecule has 0 bridgehead atoms. The van der Waals surface area contributed by atoms with Crippen LogP contribution in [-0.2, 0) is 21.4 Å². The van der Waals surface area contributed by atoms with Crippen LogP contribution >= 0.6 is 23.1 Å². The number of hydrogen-bond acceptors (Lipinski definition) is 8. The molecule has 0 aliphatic rings. The summed E-state index contributed by atoms with van der Waals surface area (Å²) in [5.74, 6) is 0.216. The Kier molecular flexibility index (Phi) is 6.37. The molecule has 148 valence electrons. The number of aromatic nitrogens is 2. The highest BCUT2D eigenvalue weighted by molar-refractivity contribution is 7.98. The van der Waals surface area contributed by atoms with Crippen LogP contribution < -0.4 is 9.62 Å².